The molecule has 0 radical (unpaired) electrons. The number of nitrogens with zero attached hydrogens (tertiary/aromatic N) is 2. The Morgan fingerprint density at radius 1 is 1.23 bits per heavy atom. The van der Waals surface area contributed by atoms with Gasteiger partial charge in [-0.1, -0.05) is 35.9 Å². The maximum Gasteiger partial charge on any atom is 0.232 e. The van der Waals surface area contributed by atoms with Gasteiger partial charge in [0.2, 0.25) is 5.91 Å². The Kier molecular flexibility index (Phi) is 4.39. The highest BCUT2D eigenvalue weighted by Crippen LogP contribution is 2.28. The van der Waals surface area contributed by atoms with Crippen molar-refractivity contribution >= 4 is 23.3 Å². The fraction of sp³-hybridized carbons (Fsp3) is 0.200. The summed E-state index contributed by atoms with van der Waals surface area (Å²) in [6.07, 6.45) is 0.659. The van der Waals surface area contributed by atoms with Crippen molar-refractivity contribution in [1.82, 2.24) is 9.78 Å². The summed E-state index contributed by atoms with van der Waals surface area (Å²) in [5, 5.41) is 8.07. The third kappa shape index (κ3) is 3.30. The number of fused-ring (bicyclic) bond motifs is 1. The van der Waals surface area contributed by atoms with Crippen LogP contribution in [0.1, 0.15) is 11.3 Å². The number of carbonyl (C=O) groups excluding carboxylic acids is 1. The smallest absolute Gasteiger partial charge is 0.232 e. The molecule has 0 fully saturated rings. The maximum absolute atomic E-state index is 12.8. The molecule has 1 N–H and O–H groups in total. The van der Waals surface area contributed by atoms with Gasteiger partial charge in [-0.2, -0.15) is 5.10 Å². The van der Waals surface area contributed by atoms with E-state index in [-0.39, 0.29) is 11.8 Å². The predicted octanol–water partition coefficient (Wildman–Crippen LogP) is 4.02. The monoisotopic (exact) mass is 367 g/mol. The van der Waals surface area contributed by atoms with E-state index in [1.165, 1.54) is 0 Å². The number of amides is 1. The van der Waals surface area contributed by atoms with Crippen LogP contribution in [-0.2, 0) is 11.2 Å². The average molecular weight is 368 g/mol. The zero-order chi connectivity index (χ0) is 18.1. The number of halogens is 1. The van der Waals surface area contributed by atoms with Crippen molar-refractivity contribution in [3.63, 3.8) is 0 Å². The van der Waals surface area contributed by atoms with Crippen LogP contribution in [0.3, 0.4) is 0 Å². The van der Waals surface area contributed by atoms with Crippen LogP contribution in [0.4, 0.5) is 5.82 Å². The summed E-state index contributed by atoms with van der Waals surface area (Å²) in [4.78, 5) is 12.8. The van der Waals surface area contributed by atoms with Crippen molar-refractivity contribution < 1.29 is 9.53 Å². The number of anilines is 1. The number of benzene rings is 2. The van der Waals surface area contributed by atoms with Crippen LogP contribution in [0.5, 0.6) is 5.75 Å². The summed E-state index contributed by atoms with van der Waals surface area (Å²) < 4.78 is 7.42. The van der Waals surface area contributed by atoms with Gasteiger partial charge in [0.25, 0.3) is 0 Å². The molecule has 6 heteroatoms. The van der Waals surface area contributed by atoms with Gasteiger partial charge in [-0.05, 0) is 43.2 Å². The van der Waals surface area contributed by atoms with Crippen LogP contribution in [0.2, 0.25) is 5.02 Å². The van der Waals surface area contributed by atoms with Crippen molar-refractivity contribution in [2.24, 2.45) is 5.92 Å². The summed E-state index contributed by atoms with van der Waals surface area (Å²) in [5.74, 6) is 1.15. The Morgan fingerprint density at radius 3 is 2.92 bits per heavy atom. The molecule has 1 atom stereocenters. The lowest BCUT2D eigenvalue weighted by Crippen LogP contribution is -2.33. The van der Waals surface area contributed by atoms with Crippen LogP contribution in [0.15, 0.2) is 54.6 Å². The SMILES string of the molecule is Cc1cc(NC(=O)C2COc3ccccc3C2)n(-c2cccc(Cl)c2)n1. The van der Waals surface area contributed by atoms with Gasteiger partial charge in [0, 0.05) is 11.1 Å². The molecule has 2 aromatic carbocycles. The molecule has 0 bridgehead atoms. The molecule has 1 aromatic heterocycles. The topological polar surface area (TPSA) is 56.1 Å². The van der Waals surface area contributed by atoms with Gasteiger partial charge < -0.3 is 10.1 Å². The number of ether oxygens (including phenoxy) is 1. The number of aromatic nitrogens is 2. The first-order valence-corrected chi connectivity index (χ1v) is 8.82. The van der Waals surface area contributed by atoms with Gasteiger partial charge in [0.05, 0.1) is 17.3 Å². The number of nitrogens with one attached hydrogen (secondary N) is 1. The van der Waals surface area contributed by atoms with E-state index < -0.39 is 0 Å². The lowest BCUT2D eigenvalue weighted by Gasteiger charge is -2.24. The number of hydrogen-bond donors (Lipinski definition) is 1. The van der Waals surface area contributed by atoms with E-state index in [9.17, 15) is 4.79 Å². The van der Waals surface area contributed by atoms with Gasteiger partial charge in [0.15, 0.2) is 0 Å². The molecule has 0 aliphatic carbocycles. The fourth-order valence-corrected chi connectivity index (χ4v) is 3.30. The zero-order valence-electron chi connectivity index (χ0n) is 14.3. The first-order valence-electron chi connectivity index (χ1n) is 8.44. The Hall–Kier alpha value is -2.79. The largest absolute Gasteiger partial charge is 0.492 e. The van der Waals surface area contributed by atoms with Crippen LogP contribution in [0.25, 0.3) is 5.69 Å². The third-order valence-corrected chi connectivity index (χ3v) is 4.62. The Morgan fingerprint density at radius 2 is 2.08 bits per heavy atom. The van der Waals surface area contributed by atoms with Gasteiger partial charge in [-0.25, -0.2) is 4.68 Å². The molecule has 2 heterocycles. The maximum atomic E-state index is 12.8. The number of carbonyl (C=O) groups is 1. The molecular formula is C20H18ClN3O2. The van der Waals surface area contributed by atoms with Crippen molar-refractivity contribution in [3.05, 3.63) is 70.9 Å². The van der Waals surface area contributed by atoms with E-state index in [0.717, 1.165) is 22.7 Å². The van der Waals surface area contributed by atoms with Crippen molar-refractivity contribution in [1.29, 1.82) is 0 Å². The quantitative estimate of drug-likeness (QED) is 0.760. The summed E-state index contributed by atoms with van der Waals surface area (Å²) in [6.45, 7) is 2.25. The minimum atomic E-state index is -0.243. The fourth-order valence-electron chi connectivity index (χ4n) is 3.12. The first-order chi connectivity index (χ1) is 12.6. The average Bonchev–Trinajstić information content (AvgIpc) is 3.01. The van der Waals surface area contributed by atoms with E-state index in [2.05, 4.69) is 10.4 Å². The first kappa shape index (κ1) is 16.7. The van der Waals surface area contributed by atoms with Crippen LogP contribution in [-0.4, -0.2) is 22.3 Å². The molecule has 1 amide bonds. The lowest BCUT2D eigenvalue weighted by molar-refractivity contribution is -0.121. The molecule has 1 aliphatic rings. The summed E-state index contributed by atoms with van der Waals surface area (Å²) >= 11 is 6.08. The molecule has 26 heavy (non-hydrogen) atoms. The Bertz CT molecular complexity index is 967. The van der Waals surface area contributed by atoms with E-state index in [0.29, 0.717) is 23.9 Å². The molecule has 4 rings (SSSR count). The molecule has 1 unspecified atom stereocenters. The number of hydrogen-bond acceptors (Lipinski definition) is 3. The Labute approximate surface area is 156 Å². The van der Waals surface area contributed by atoms with Gasteiger partial charge in [-0.3, -0.25) is 4.79 Å². The number of rotatable bonds is 3. The molecular weight excluding hydrogens is 350 g/mol. The second-order valence-corrected chi connectivity index (χ2v) is 6.81. The van der Waals surface area contributed by atoms with E-state index in [1.54, 1.807) is 10.7 Å². The van der Waals surface area contributed by atoms with E-state index >= 15 is 0 Å². The van der Waals surface area contributed by atoms with Gasteiger partial charge >= 0.3 is 0 Å². The van der Waals surface area contributed by atoms with Gasteiger partial charge in [0.1, 0.15) is 18.2 Å². The van der Waals surface area contributed by atoms with Crippen LogP contribution < -0.4 is 10.1 Å². The number of para-hydroxylation sites is 1. The Balaban J connectivity index is 1.56. The highest BCUT2D eigenvalue weighted by Gasteiger charge is 2.26. The molecule has 0 spiro atoms. The van der Waals surface area contributed by atoms with E-state index in [4.69, 9.17) is 16.3 Å². The lowest BCUT2D eigenvalue weighted by atomic mass is 9.96. The molecule has 0 saturated carbocycles. The van der Waals surface area contributed by atoms with Crippen molar-refractivity contribution in [2.45, 2.75) is 13.3 Å². The third-order valence-electron chi connectivity index (χ3n) is 4.39. The second-order valence-electron chi connectivity index (χ2n) is 6.37. The standard InChI is InChI=1S/C20H18ClN3O2/c1-13-9-19(24(23-13)17-7-4-6-16(21)11-17)22-20(25)15-10-14-5-2-3-8-18(14)26-12-15/h2-9,11,15H,10,12H2,1H3,(H,22,25). The second kappa shape index (κ2) is 6.84. The highest BCUT2D eigenvalue weighted by molar-refractivity contribution is 6.30. The molecule has 132 valence electrons. The molecule has 1 aliphatic heterocycles. The highest BCUT2D eigenvalue weighted by atomic mass is 35.5. The molecule has 0 saturated heterocycles. The zero-order valence-corrected chi connectivity index (χ0v) is 15.0. The van der Waals surface area contributed by atoms with Crippen molar-refractivity contribution in [2.75, 3.05) is 11.9 Å². The minimum Gasteiger partial charge on any atom is -0.492 e. The van der Waals surface area contributed by atoms with Crippen molar-refractivity contribution in [3.8, 4) is 11.4 Å². The normalized spacial score (nSPS) is 15.8. The molecule has 3 aromatic rings. The predicted molar refractivity (Wildman–Crippen MR) is 101 cm³/mol. The summed E-state index contributed by atoms with van der Waals surface area (Å²) in [7, 11) is 0. The summed E-state index contributed by atoms with van der Waals surface area (Å²) in [6, 6.07) is 17.0. The molecule has 5 nitrogen and oxygen atoms in total. The minimum absolute atomic E-state index is 0.0809. The summed E-state index contributed by atoms with van der Waals surface area (Å²) in [5.41, 5.74) is 2.66. The van der Waals surface area contributed by atoms with Crippen LogP contribution >= 0.6 is 11.6 Å². The van der Waals surface area contributed by atoms with E-state index in [1.807, 2.05) is 55.5 Å². The van der Waals surface area contributed by atoms with Crippen LogP contribution in [0, 0.1) is 12.8 Å². The van der Waals surface area contributed by atoms with Gasteiger partial charge in [-0.15, -0.1) is 0 Å². The number of aryl methyl sites for hydroxylation is 1.